The lowest BCUT2D eigenvalue weighted by Gasteiger charge is -2.30. The summed E-state index contributed by atoms with van der Waals surface area (Å²) < 4.78 is 5.34. The van der Waals surface area contributed by atoms with E-state index >= 15 is 0 Å². The van der Waals surface area contributed by atoms with Gasteiger partial charge in [-0.1, -0.05) is 0 Å². The molecule has 0 amide bonds. The van der Waals surface area contributed by atoms with Crippen LogP contribution in [0.4, 0.5) is 0 Å². The summed E-state index contributed by atoms with van der Waals surface area (Å²) in [7, 11) is 0. The second-order valence-electron chi connectivity index (χ2n) is 3.20. The van der Waals surface area contributed by atoms with Crippen LogP contribution < -0.4 is 10.6 Å². The Morgan fingerprint density at radius 3 is 3.20 bits per heavy atom. The average Bonchev–Trinajstić information content (AvgIpc) is 2.33. The minimum Gasteiger partial charge on any atom is -0.379 e. The highest BCUT2D eigenvalue weighted by Gasteiger charge is 2.32. The van der Waals surface area contributed by atoms with Crippen LogP contribution >= 0.6 is 0 Å². The second kappa shape index (κ2) is 2.49. The molecule has 0 radical (unpaired) electrons. The fourth-order valence-electron chi connectivity index (χ4n) is 1.69. The van der Waals surface area contributed by atoms with Crippen molar-refractivity contribution >= 4 is 0 Å². The van der Waals surface area contributed by atoms with Crippen LogP contribution in [-0.2, 0) is 4.74 Å². The van der Waals surface area contributed by atoms with E-state index in [4.69, 9.17) is 4.74 Å². The molecule has 0 spiro atoms. The van der Waals surface area contributed by atoms with Gasteiger partial charge < -0.3 is 10.1 Å². The van der Waals surface area contributed by atoms with Crippen molar-refractivity contribution in [1.29, 1.82) is 0 Å². The minimum atomic E-state index is 0.461. The zero-order chi connectivity index (χ0) is 6.97. The molecule has 2 fully saturated rings. The van der Waals surface area contributed by atoms with Crippen molar-refractivity contribution in [3.8, 4) is 0 Å². The van der Waals surface area contributed by atoms with Crippen LogP contribution in [0.2, 0.25) is 0 Å². The predicted octanol–water partition coefficient (Wildman–Crippen LogP) is -0.460. The van der Waals surface area contributed by atoms with Gasteiger partial charge in [0, 0.05) is 18.5 Å². The van der Waals surface area contributed by atoms with E-state index in [2.05, 4.69) is 17.6 Å². The van der Waals surface area contributed by atoms with Gasteiger partial charge in [0.05, 0.1) is 19.4 Å². The maximum absolute atomic E-state index is 5.34. The Hall–Kier alpha value is -0.120. The van der Waals surface area contributed by atoms with Gasteiger partial charge in [0.1, 0.15) is 0 Å². The fraction of sp³-hybridized carbons (Fsp3) is 1.00. The van der Waals surface area contributed by atoms with Crippen LogP contribution in [-0.4, -0.2) is 32.0 Å². The summed E-state index contributed by atoms with van der Waals surface area (Å²) in [6.45, 7) is 5.08. The van der Waals surface area contributed by atoms with Gasteiger partial charge >= 0.3 is 0 Å². The van der Waals surface area contributed by atoms with Gasteiger partial charge in [-0.3, -0.25) is 5.32 Å². The standard InChI is InChI=1S/C7H14N2O/c1-5-8-2-6-3-10-4-7(6)9-5/h5-9H,2-4H2,1H3. The summed E-state index contributed by atoms with van der Waals surface area (Å²) >= 11 is 0. The van der Waals surface area contributed by atoms with E-state index in [-0.39, 0.29) is 0 Å². The molecule has 0 aromatic rings. The molecular formula is C7H14N2O. The Bertz CT molecular complexity index is 129. The molecule has 0 aromatic heterocycles. The molecule has 0 saturated carbocycles. The third-order valence-electron chi connectivity index (χ3n) is 2.35. The van der Waals surface area contributed by atoms with Gasteiger partial charge in [-0.25, -0.2) is 0 Å². The first-order chi connectivity index (χ1) is 4.86. The Morgan fingerprint density at radius 1 is 1.40 bits per heavy atom. The molecule has 58 valence electrons. The van der Waals surface area contributed by atoms with E-state index in [1.54, 1.807) is 0 Å². The van der Waals surface area contributed by atoms with E-state index in [1.165, 1.54) is 0 Å². The largest absolute Gasteiger partial charge is 0.379 e. The summed E-state index contributed by atoms with van der Waals surface area (Å²) in [6, 6.07) is 0.608. The lowest BCUT2D eigenvalue weighted by molar-refractivity contribution is 0.184. The summed E-state index contributed by atoms with van der Waals surface area (Å²) in [5.74, 6) is 0.705. The van der Waals surface area contributed by atoms with Crippen LogP contribution in [0.25, 0.3) is 0 Å². The van der Waals surface area contributed by atoms with Crippen molar-refractivity contribution in [3.05, 3.63) is 0 Å². The number of rotatable bonds is 0. The maximum Gasteiger partial charge on any atom is 0.0624 e. The van der Waals surface area contributed by atoms with Gasteiger partial charge in [0.15, 0.2) is 0 Å². The molecule has 2 aliphatic rings. The molecule has 3 nitrogen and oxygen atoms in total. The molecule has 2 saturated heterocycles. The number of fused-ring (bicyclic) bond motifs is 1. The fourth-order valence-corrected chi connectivity index (χ4v) is 1.69. The van der Waals surface area contributed by atoms with E-state index in [1.807, 2.05) is 0 Å². The van der Waals surface area contributed by atoms with Crippen LogP contribution in [0.1, 0.15) is 6.92 Å². The smallest absolute Gasteiger partial charge is 0.0624 e. The Morgan fingerprint density at radius 2 is 2.30 bits per heavy atom. The van der Waals surface area contributed by atoms with Crippen LogP contribution in [0.3, 0.4) is 0 Å². The van der Waals surface area contributed by atoms with Crippen molar-refractivity contribution < 1.29 is 4.74 Å². The molecule has 0 aromatic carbocycles. The number of hydrogen-bond donors (Lipinski definition) is 2. The highest BCUT2D eigenvalue weighted by atomic mass is 16.5. The molecule has 2 rings (SSSR count). The van der Waals surface area contributed by atoms with E-state index < -0.39 is 0 Å². The van der Waals surface area contributed by atoms with E-state index in [0.717, 1.165) is 19.8 Å². The van der Waals surface area contributed by atoms with E-state index in [0.29, 0.717) is 18.1 Å². The molecule has 3 heteroatoms. The quantitative estimate of drug-likeness (QED) is 0.480. The molecule has 3 atom stereocenters. The molecule has 0 bridgehead atoms. The zero-order valence-corrected chi connectivity index (χ0v) is 6.26. The van der Waals surface area contributed by atoms with Gasteiger partial charge in [-0.15, -0.1) is 0 Å². The molecule has 3 unspecified atom stereocenters. The van der Waals surface area contributed by atoms with Crippen molar-refractivity contribution in [1.82, 2.24) is 10.6 Å². The summed E-state index contributed by atoms with van der Waals surface area (Å²) in [5, 5.41) is 6.80. The third kappa shape index (κ3) is 1.05. The van der Waals surface area contributed by atoms with Gasteiger partial charge in [-0.2, -0.15) is 0 Å². The van der Waals surface area contributed by atoms with Crippen LogP contribution in [0.5, 0.6) is 0 Å². The first-order valence-electron chi connectivity index (χ1n) is 3.93. The Labute approximate surface area is 61.1 Å². The summed E-state index contributed by atoms with van der Waals surface area (Å²) in [6.07, 6.45) is 0.461. The van der Waals surface area contributed by atoms with Crippen LogP contribution in [0.15, 0.2) is 0 Å². The Kier molecular flexibility index (Phi) is 1.64. The normalized spacial score (nSPS) is 47.1. The lowest BCUT2D eigenvalue weighted by Crippen LogP contribution is -2.56. The predicted molar refractivity (Wildman–Crippen MR) is 38.7 cm³/mol. The number of ether oxygens (including phenoxy) is 1. The molecule has 10 heavy (non-hydrogen) atoms. The highest BCUT2D eigenvalue weighted by Crippen LogP contribution is 2.15. The summed E-state index contributed by atoms with van der Waals surface area (Å²) in [4.78, 5) is 0. The average molecular weight is 142 g/mol. The van der Waals surface area contributed by atoms with Crippen molar-refractivity contribution in [2.75, 3.05) is 19.8 Å². The second-order valence-corrected chi connectivity index (χ2v) is 3.20. The molecule has 2 heterocycles. The van der Waals surface area contributed by atoms with Gasteiger partial charge in [0.25, 0.3) is 0 Å². The Balaban J connectivity index is 1.96. The van der Waals surface area contributed by atoms with Crippen LogP contribution in [0, 0.1) is 5.92 Å². The van der Waals surface area contributed by atoms with E-state index in [9.17, 15) is 0 Å². The molecular weight excluding hydrogens is 128 g/mol. The lowest BCUT2D eigenvalue weighted by atomic mass is 10.0. The minimum absolute atomic E-state index is 0.461. The molecule has 2 aliphatic heterocycles. The molecule has 2 N–H and O–H groups in total. The first-order valence-corrected chi connectivity index (χ1v) is 3.93. The van der Waals surface area contributed by atoms with Crippen molar-refractivity contribution in [3.63, 3.8) is 0 Å². The SMILES string of the molecule is CC1NCC2COCC2N1. The maximum atomic E-state index is 5.34. The van der Waals surface area contributed by atoms with Gasteiger partial charge in [-0.05, 0) is 6.92 Å². The number of nitrogens with one attached hydrogen (secondary N) is 2. The van der Waals surface area contributed by atoms with Crippen molar-refractivity contribution in [2.45, 2.75) is 19.1 Å². The van der Waals surface area contributed by atoms with Gasteiger partial charge in [0.2, 0.25) is 0 Å². The monoisotopic (exact) mass is 142 g/mol. The zero-order valence-electron chi connectivity index (χ0n) is 6.26. The van der Waals surface area contributed by atoms with Crippen molar-refractivity contribution in [2.24, 2.45) is 5.92 Å². The topological polar surface area (TPSA) is 33.3 Å². The first kappa shape index (κ1) is 6.58. The highest BCUT2D eigenvalue weighted by molar-refractivity contribution is 4.88. The molecule has 0 aliphatic carbocycles. The third-order valence-corrected chi connectivity index (χ3v) is 2.35. The summed E-state index contributed by atoms with van der Waals surface area (Å²) in [5.41, 5.74) is 0. The number of hydrogen-bond acceptors (Lipinski definition) is 3.